The van der Waals surface area contributed by atoms with Crippen molar-refractivity contribution in [2.24, 2.45) is 23.2 Å². The van der Waals surface area contributed by atoms with Gasteiger partial charge in [0.1, 0.15) is 5.82 Å². The van der Waals surface area contributed by atoms with Crippen molar-refractivity contribution >= 4 is 16.9 Å². The van der Waals surface area contributed by atoms with Gasteiger partial charge in [-0.05, 0) is 80.8 Å². The lowest BCUT2D eigenvalue weighted by Gasteiger charge is -2.59. The van der Waals surface area contributed by atoms with Gasteiger partial charge >= 0.3 is 0 Å². The average molecular weight is 351 g/mol. The molecule has 4 fully saturated rings. The third-order valence-corrected chi connectivity index (χ3v) is 7.41. The van der Waals surface area contributed by atoms with Crippen LogP contribution < -0.4 is 5.32 Å². The molecule has 26 heavy (non-hydrogen) atoms. The summed E-state index contributed by atoms with van der Waals surface area (Å²) in [7, 11) is 0. The van der Waals surface area contributed by atoms with E-state index in [-0.39, 0.29) is 5.91 Å². The molecule has 0 radical (unpaired) electrons. The lowest BCUT2D eigenvalue weighted by atomic mass is 9.48. The Kier molecular flexibility index (Phi) is 3.84. The molecule has 0 unspecified atom stereocenters. The van der Waals surface area contributed by atoms with E-state index in [1.807, 2.05) is 24.3 Å². The number of aryl methyl sites for hydroxylation is 1. The highest BCUT2D eigenvalue weighted by molar-refractivity contribution is 5.77. The number of hydrogen-bond donors (Lipinski definition) is 2. The molecule has 0 spiro atoms. The average Bonchev–Trinajstić information content (AvgIpc) is 3.02. The second-order valence-electron chi connectivity index (χ2n) is 9.27. The molecule has 4 heteroatoms. The number of fused-ring (bicyclic) bond motifs is 1. The molecule has 1 aromatic carbocycles. The molecular weight excluding hydrogens is 322 g/mol. The minimum absolute atomic E-state index is 0.175. The van der Waals surface area contributed by atoms with Crippen molar-refractivity contribution in [3.05, 3.63) is 30.1 Å². The number of imidazole rings is 1. The first-order valence-corrected chi connectivity index (χ1v) is 10.3. The fourth-order valence-corrected chi connectivity index (χ4v) is 6.53. The molecule has 4 nitrogen and oxygen atoms in total. The zero-order valence-electron chi connectivity index (χ0n) is 15.6. The Balaban J connectivity index is 1.20. The molecule has 1 atom stereocenters. The van der Waals surface area contributed by atoms with Crippen LogP contribution in [-0.2, 0) is 11.2 Å². The second-order valence-corrected chi connectivity index (χ2v) is 9.27. The van der Waals surface area contributed by atoms with E-state index in [4.69, 9.17) is 0 Å². The summed E-state index contributed by atoms with van der Waals surface area (Å²) >= 11 is 0. The molecule has 4 saturated carbocycles. The molecule has 0 saturated heterocycles. The summed E-state index contributed by atoms with van der Waals surface area (Å²) in [4.78, 5) is 20.5. The van der Waals surface area contributed by atoms with Gasteiger partial charge in [0.25, 0.3) is 0 Å². The van der Waals surface area contributed by atoms with Crippen molar-refractivity contribution in [1.82, 2.24) is 15.3 Å². The normalized spacial score (nSPS) is 33.5. The third-order valence-electron chi connectivity index (χ3n) is 7.41. The van der Waals surface area contributed by atoms with Crippen LogP contribution in [0.15, 0.2) is 24.3 Å². The minimum atomic E-state index is 0.175. The van der Waals surface area contributed by atoms with E-state index < -0.39 is 0 Å². The van der Waals surface area contributed by atoms with Crippen molar-refractivity contribution < 1.29 is 4.79 Å². The van der Waals surface area contributed by atoms with E-state index in [1.54, 1.807) is 0 Å². The largest absolute Gasteiger partial charge is 0.353 e. The number of aromatic amines is 1. The Morgan fingerprint density at radius 2 is 1.85 bits per heavy atom. The van der Waals surface area contributed by atoms with Crippen LogP contribution in [0.2, 0.25) is 0 Å². The van der Waals surface area contributed by atoms with Crippen molar-refractivity contribution in [3.63, 3.8) is 0 Å². The first-order valence-electron chi connectivity index (χ1n) is 10.3. The summed E-state index contributed by atoms with van der Waals surface area (Å²) in [5.41, 5.74) is 2.40. The smallest absolute Gasteiger partial charge is 0.220 e. The van der Waals surface area contributed by atoms with Gasteiger partial charge in [0, 0.05) is 18.9 Å². The second kappa shape index (κ2) is 6.11. The number of nitrogens with one attached hydrogen (secondary N) is 2. The molecule has 6 rings (SSSR count). The highest BCUT2D eigenvalue weighted by atomic mass is 16.1. The summed E-state index contributed by atoms with van der Waals surface area (Å²) in [6.07, 6.45) is 9.55. The summed E-state index contributed by atoms with van der Waals surface area (Å²) in [5, 5.41) is 3.36. The van der Waals surface area contributed by atoms with E-state index in [2.05, 4.69) is 22.2 Å². The quantitative estimate of drug-likeness (QED) is 0.847. The van der Waals surface area contributed by atoms with Gasteiger partial charge in [-0.2, -0.15) is 0 Å². The van der Waals surface area contributed by atoms with Gasteiger partial charge in [-0.15, -0.1) is 0 Å². The number of H-pyrrole nitrogens is 1. The highest BCUT2D eigenvalue weighted by Crippen LogP contribution is 2.61. The lowest BCUT2D eigenvalue weighted by molar-refractivity contribution is -0.125. The Labute approximate surface area is 155 Å². The van der Waals surface area contributed by atoms with Gasteiger partial charge < -0.3 is 10.3 Å². The Hall–Kier alpha value is -1.84. The number of rotatable bonds is 5. The number of aromatic nitrogens is 2. The van der Waals surface area contributed by atoms with Crippen molar-refractivity contribution in [2.45, 2.75) is 64.3 Å². The minimum Gasteiger partial charge on any atom is -0.353 e. The first kappa shape index (κ1) is 16.3. The fraction of sp³-hybridized carbons (Fsp3) is 0.636. The summed E-state index contributed by atoms with van der Waals surface area (Å²) in [6.45, 7) is 2.26. The molecule has 4 aliphatic carbocycles. The van der Waals surface area contributed by atoms with Crippen LogP contribution >= 0.6 is 0 Å². The van der Waals surface area contributed by atoms with Crippen molar-refractivity contribution in [2.75, 3.05) is 0 Å². The number of carbonyl (C=O) groups is 1. The van der Waals surface area contributed by atoms with Crippen LogP contribution in [-0.4, -0.2) is 21.9 Å². The maximum absolute atomic E-state index is 12.6. The monoisotopic (exact) mass is 351 g/mol. The predicted octanol–water partition coefficient (Wildman–Crippen LogP) is 4.22. The maximum atomic E-state index is 12.6. The number of amides is 1. The van der Waals surface area contributed by atoms with Crippen LogP contribution in [0.4, 0.5) is 0 Å². The topological polar surface area (TPSA) is 57.8 Å². The molecule has 4 bridgehead atoms. The molecule has 1 aromatic heterocycles. The van der Waals surface area contributed by atoms with E-state index in [0.29, 0.717) is 24.3 Å². The van der Waals surface area contributed by atoms with Crippen LogP contribution in [0.25, 0.3) is 11.0 Å². The zero-order chi connectivity index (χ0) is 17.7. The summed E-state index contributed by atoms with van der Waals surface area (Å²) in [6, 6.07) is 8.33. The van der Waals surface area contributed by atoms with E-state index in [0.717, 1.165) is 34.6 Å². The van der Waals surface area contributed by atoms with Crippen molar-refractivity contribution in [3.8, 4) is 0 Å². The third kappa shape index (κ3) is 2.83. The Morgan fingerprint density at radius 1 is 1.19 bits per heavy atom. The van der Waals surface area contributed by atoms with Gasteiger partial charge in [0.15, 0.2) is 0 Å². The first-order chi connectivity index (χ1) is 12.6. The fourth-order valence-electron chi connectivity index (χ4n) is 6.53. The molecular formula is C22H29N3O. The number of para-hydroxylation sites is 2. The molecule has 138 valence electrons. The zero-order valence-corrected chi connectivity index (χ0v) is 15.6. The Bertz CT molecular complexity index is 755. The number of hydrogen-bond acceptors (Lipinski definition) is 2. The maximum Gasteiger partial charge on any atom is 0.220 e. The predicted molar refractivity (Wildman–Crippen MR) is 103 cm³/mol. The highest BCUT2D eigenvalue weighted by Gasteiger charge is 2.53. The van der Waals surface area contributed by atoms with Gasteiger partial charge in [-0.1, -0.05) is 12.1 Å². The van der Waals surface area contributed by atoms with Gasteiger partial charge in [0.05, 0.1) is 11.0 Å². The van der Waals surface area contributed by atoms with Crippen LogP contribution in [0.1, 0.15) is 57.7 Å². The molecule has 1 heterocycles. The van der Waals surface area contributed by atoms with Crippen LogP contribution in [0.3, 0.4) is 0 Å². The summed E-state index contributed by atoms with van der Waals surface area (Å²) < 4.78 is 0. The van der Waals surface area contributed by atoms with Crippen LogP contribution in [0.5, 0.6) is 0 Å². The van der Waals surface area contributed by atoms with Crippen molar-refractivity contribution in [1.29, 1.82) is 0 Å². The van der Waals surface area contributed by atoms with E-state index in [9.17, 15) is 4.79 Å². The molecule has 1 amide bonds. The SMILES string of the molecule is C[C@@H](NC(=O)CCc1nc2ccccc2[nH]1)C12CC3CC(CC(C3)C1)C2. The van der Waals surface area contributed by atoms with Gasteiger partial charge in [0.2, 0.25) is 5.91 Å². The number of benzene rings is 1. The Morgan fingerprint density at radius 3 is 2.50 bits per heavy atom. The molecule has 2 N–H and O–H groups in total. The molecule has 0 aliphatic heterocycles. The van der Waals surface area contributed by atoms with Gasteiger partial charge in [-0.25, -0.2) is 4.98 Å². The molecule has 4 aliphatic rings. The standard InChI is InChI=1S/C22H29N3O/c1-14(22-11-15-8-16(12-22)10-17(9-15)13-22)23-21(26)7-6-20-24-18-4-2-3-5-19(18)25-20/h2-5,14-17H,6-13H2,1H3,(H,23,26)(H,24,25)/t14-,15?,16?,17?,22?/m1/s1. The number of nitrogens with zero attached hydrogens (tertiary/aromatic N) is 1. The molecule has 2 aromatic rings. The summed E-state index contributed by atoms with van der Waals surface area (Å²) in [5.74, 6) is 3.86. The lowest BCUT2D eigenvalue weighted by Crippen LogP contribution is -2.55. The van der Waals surface area contributed by atoms with E-state index >= 15 is 0 Å². The van der Waals surface area contributed by atoms with Crippen LogP contribution in [0, 0.1) is 23.2 Å². The van der Waals surface area contributed by atoms with Gasteiger partial charge in [-0.3, -0.25) is 4.79 Å². The van der Waals surface area contributed by atoms with E-state index in [1.165, 1.54) is 38.5 Å². The number of carbonyl (C=O) groups excluding carboxylic acids is 1.